The van der Waals surface area contributed by atoms with E-state index in [1.807, 2.05) is 0 Å². The third-order valence-electron chi connectivity index (χ3n) is 25.8. The molecule has 2 aliphatic rings. The lowest BCUT2D eigenvalue weighted by atomic mass is 9.79. The smallest absolute Gasteiger partial charge is 0.0165 e. The molecule has 0 aliphatic heterocycles. The molecule has 0 saturated carbocycles. The fraction of sp³-hybridized carbons (Fsp3) is 0.0508. The van der Waals surface area contributed by atoms with Crippen LogP contribution in [0.4, 0.5) is 0 Å². The molecule has 0 spiro atoms. The molecule has 0 atom stereocenters. The largest absolute Gasteiger partial charge is 0.0622 e. The second kappa shape index (κ2) is 28.2. The van der Waals surface area contributed by atoms with Gasteiger partial charge in [0.1, 0.15) is 0 Å². The van der Waals surface area contributed by atoms with Crippen molar-refractivity contribution in [3.63, 3.8) is 0 Å². The Morgan fingerprint density at radius 3 is 0.746 bits per heavy atom. The van der Waals surface area contributed by atoms with E-state index < -0.39 is 0 Å². The molecule has 21 aromatic rings. The Morgan fingerprint density at radius 1 is 0.136 bits per heavy atom. The van der Waals surface area contributed by atoms with E-state index in [0.29, 0.717) is 0 Å². The van der Waals surface area contributed by atoms with E-state index in [-0.39, 0.29) is 10.8 Å². The molecule has 0 heterocycles. The normalized spacial score (nSPS) is 12.9. The fourth-order valence-electron chi connectivity index (χ4n) is 20.2. The lowest BCUT2D eigenvalue weighted by molar-refractivity contribution is 0.661. The van der Waals surface area contributed by atoms with E-state index in [1.165, 1.54) is 231 Å². The van der Waals surface area contributed by atoms with Gasteiger partial charge in [0.05, 0.1) is 0 Å². The van der Waals surface area contributed by atoms with Gasteiger partial charge in [-0.15, -0.1) is 0 Å². The van der Waals surface area contributed by atoms with Crippen LogP contribution in [0.5, 0.6) is 0 Å². The van der Waals surface area contributed by atoms with Gasteiger partial charge in [0.25, 0.3) is 0 Å². The van der Waals surface area contributed by atoms with E-state index in [9.17, 15) is 0 Å². The van der Waals surface area contributed by atoms with E-state index in [4.69, 9.17) is 0 Å². The summed E-state index contributed by atoms with van der Waals surface area (Å²) in [5.41, 5.74) is 35.4. The topological polar surface area (TPSA) is 0 Å². The lowest BCUT2D eigenvalue weighted by Crippen LogP contribution is -2.15. The molecular weight excluding hydrogens is 1420 g/mol. The fourth-order valence-corrected chi connectivity index (χ4v) is 20.2. The zero-order valence-corrected chi connectivity index (χ0v) is 66.4. The van der Waals surface area contributed by atoms with Gasteiger partial charge in [-0.1, -0.05) is 392 Å². The minimum Gasteiger partial charge on any atom is -0.0622 e. The zero-order valence-electron chi connectivity index (χ0n) is 66.4. The predicted octanol–water partition coefficient (Wildman–Crippen LogP) is 32.7. The Bertz CT molecular complexity index is 7480. The van der Waals surface area contributed by atoms with Crippen LogP contribution in [0.15, 0.2) is 425 Å². The van der Waals surface area contributed by atoms with Crippen molar-refractivity contribution in [1.82, 2.24) is 0 Å². The van der Waals surface area contributed by atoms with Gasteiger partial charge in [0.2, 0.25) is 0 Å². The first-order chi connectivity index (χ1) is 58.0. The SMILES string of the molecule is CC1(C)c2ccc(-c3c4ccccc4c(-c4cc(-c5ccccc5)cc(-c5ccc(-c6ccccc6)cc5)c4)c4ccccc34)cc2-c2c1c1ccccc1c1ccccc21.CC1(C)c2ccc(-c3c4ccccc4c(-c4cc(-c5ccccc5)cc(-c5ccc(-c6ccccc6)cc5)c4)c4ccccc34)cc2-c2cc3ccccc3cc21. The van der Waals surface area contributed by atoms with Gasteiger partial charge in [-0.2, -0.15) is 0 Å². The van der Waals surface area contributed by atoms with E-state index >= 15 is 0 Å². The molecular formula is C118H82. The number of benzene rings is 21. The van der Waals surface area contributed by atoms with Crippen molar-refractivity contribution in [3.8, 4) is 134 Å². The maximum atomic E-state index is 2.51. The summed E-state index contributed by atoms with van der Waals surface area (Å²) in [6.45, 7) is 9.57. The number of hydrogen-bond acceptors (Lipinski definition) is 0. The molecule has 554 valence electrons. The van der Waals surface area contributed by atoms with Crippen molar-refractivity contribution in [2.45, 2.75) is 38.5 Å². The molecule has 0 amide bonds. The van der Waals surface area contributed by atoms with Crippen molar-refractivity contribution in [3.05, 3.63) is 447 Å². The first-order valence-electron chi connectivity index (χ1n) is 41.4. The van der Waals surface area contributed by atoms with Gasteiger partial charge >= 0.3 is 0 Å². The number of rotatable bonds is 10. The summed E-state index contributed by atoms with van der Waals surface area (Å²) < 4.78 is 0. The molecule has 0 unspecified atom stereocenters. The van der Waals surface area contributed by atoms with Gasteiger partial charge < -0.3 is 0 Å². The minimum atomic E-state index is -0.149. The Morgan fingerprint density at radius 2 is 0.373 bits per heavy atom. The molecule has 0 fully saturated rings. The molecule has 118 heavy (non-hydrogen) atoms. The van der Waals surface area contributed by atoms with Crippen molar-refractivity contribution in [2.24, 2.45) is 0 Å². The van der Waals surface area contributed by atoms with Crippen LogP contribution in [0.1, 0.15) is 49.9 Å². The van der Waals surface area contributed by atoms with Gasteiger partial charge in [-0.05, 0) is 292 Å². The molecule has 0 N–H and O–H groups in total. The first-order valence-corrected chi connectivity index (χ1v) is 41.4. The Kier molecular flexibility index (Phi) is 16.7. The monoisotopic (exact) mass is 1500 g/mol. The van der Waals surface area contributed by atoms with Crippen LogP contribution >= 0.6 is 0 Å². The zero-order chi connectivity index (χ0) is 78.7. The molecule has 21 aromatic carbocycles. The quantitative estimate of drug-likeness (QED) is 0.0946. The average Bonchev–Trinajstić information content (AvgIpc) is 1.55. The van der Waals surface area contributed by atoms with E-state index in [1.54, 1.807) is 0 Å². The average molecular weight is 1500 g/mol. The Balaban J connectivity index is 0.000000143. The first kappa shape index (κ1) is 70.1. The van der Waals surface area contributed by atoms with Crippen LogP contribution in [0.25, 0.3) is 209 Å². The molecule has 0 heteroatoms. The standard InChI is InChI=1S/C61H42.C57H40/c1-61(2)56-34-33-43(38-55(56)59-49-23-11-9-21-47(49)48-22-10-16-28-54(48)60(59)61)57-50-24-12-14-26-52(50)58(53-27-15-13-25-51(53)57)46-36-44(40-19-7-4-8-20-40)35-45(37-46)42-31-29-41(30-32-42)39-17-5-3-6-18-39;1-57(2)53-30-29-43(35-51(53)52-34-41-19-9-10-20-42(41)36-54(52)57)55-47-21-11-13-23-49(47)56(50-24-14-12-22-48(50)55)46-32-44(38-17-7-4-8-18-38)31-45(33-46)40-27-25-39(26-28-40)37-15-5-3-6-16-37/h3-38H,1-2H3;3-36H,1-2H3. The predicted molar refractivity (Wildman–Crippen MR) is 505 cm³/mol. The van der Waals surface area contributed by atoms with Crippen molar-refractivity contribution < 1.29 is 0 Å². The van der Waals surface area contributed by atoms with Crippen LogP contribution in [-0.2, 0) is 10.8 Å². The van der Waals surface area contributed by atoms with Gasteiger partial charge in [0.15, 0.2) is 0 Å². The summed E-state index contributed by atoms with van der Waals surface area (Å²) in [4.78, 5) is 0. The van der Waals surface area contributed by atoms with Crippen LogP contribution in [0, 0.1) is 0 Å². The van der Waals surface area contributed by atoms with Gasteiger partial charge in [-0.25, -0.2) is 0 Å². The highest BCUT2D eigenvalue weighted by atomic mass is 14.4. The molecule has 0 bridgehead atoms. The van der Waals surface area contributed by atoms with Crippen molar-refractivity contribution in [1.29, 1.82) is 0 Å². The number of fused-ring (bicyclic) bond motifs is 16. The molecule has 2 aliphatic carbocycles. The Labute approximate surface area is 689 Å². The summed E-state index contributed by atoms with van der Waals surface area (Å²) in [5, 5.41) is 18.0. The van der Waals surface area contributed by atoms with Crippen LogP contribution in [-0.4, -0.2) is 0 Å². The molecule has 0 aromatic heterocycles. The van der Waals surface area contributed by atoms with E-state index in [0.717, 1.165) is 0 Å². The highest BCUT2D eigenvalue weighted by Gasteiger charge is 2.40. The second-order valence-corrected chi connectivity index (χ2v) is 33.3. The summed E-state index contributed by atoms with van der Waals surface area (Å²) in [6.07, 6.45) is 0. The van der Waals surface area contributed by atoms with Crippen LogP contribution in [0.2, 0.25) is 0 Å². The maximum Gasteiger partial charge on any atom is 0.0165 e. The molecule has 0 nitrogen and oxygen atoms in total. The highest BCUT2D eigenvalue weighted by Crippen LogP contribution is 2.58. The molecule has 0 saturated heterocycles. The highest BCUT2D eigenvalue weighted by molar-refractivity contribution is 6.25. The lowest BCUT2D eigenvalue weighted by Gasteiger charge is -2.24. The summed E-state index contributed by atoms with van der Waals surface area (Å²) in [7, 11) is 0. The minimum absolute atomic E-state index is 0.0788. The van der Waals surface area contributed by atoms with Crippen molar-refractivity contribution >= 4 is 75.4 Å². The Hall–Kier alpha value is -14.6. The van der Waals surface area contributed by atoms with Gasteiger partial charge in [0, 0.05) is 10.8 Å². The summed E-state index contributed by atoms with van der Waals surface area (Å²) >= 11 is 0. The third kappa shape index (κ3) is 11.6. The van der Waals surface area contributed by atoms with E-state index in [2.05, 4.69) is 452 Å². The second-order valence-electron chi connectivity index (χ2n) is 33.3. The summed E-state index contributed by atoms with van der Waals surface area (Å²) in [6, 6.07) is 158. The van der Waals surface area contributed by atoms with Crippen molar-refractivity contribution in [2.75, 3.05) is 0 Å². The molecule has 23 rings (SSSR count). The van der Waals surface area contributed by atoms with Gasteiger partial charge in [-0.3, -0.25) is 0 Å². The number of hydrogen-bond donors (Lipinski definition) is 0. The molecule has 0 radical (unpaired) electrons. The van der Waals surface area contributed by atoms with Crippen LogP contribution in [0.3, 0.4) is 0 Å². The van der Waals surface area contributed by atoms with Crippen LogP contribution < -0.4 is 0 Å². The maximum absolute atomic E-state index is 2.51. The summed E-state index contributed by atoms with van der Waals surface area (Å²) in [5.74, 6) is 0. The third-order valence-corrected chi connectivity index (χ3v) is 25.8.